The molecule has 1 aromatic carbocycles. The van der Waals surface area contributed by atoms with Gasteiger partial charge >= 0.3 is 0 Å². The number of fused-ring (bicyclic) bond motifs is 1. The summed E-state index contributed by atoms with van der Waals surface area (Å²) in [7, 11) is 0. The second-order valence-electron chi connectivity index (χ2n) is 6.22. The molecule has 0 fully saturated rings. The van der Waals surface area contributed by atoms with Crippen LogP contribution in [0.25, 0.3) is 10.9 Å². The van der Waals surface area contributed by atoms with Gasteiger partial charge in [0.1, 0.15) is 0 Å². The molecule has 0 bridgehead atoms. The number of H-pyrrole nitrogens is 1. The van der Waals surface area contributed by atoms with Crippen molar-refractivity contribution in [2.45, 2.75) is 47.0 Å². The van der Waals surface area contributed by atoms with Crippen LogP contribution in [0.4, 0.5) is 0 Å². The Hall–Kier alpha value is -2.10. The maximum atomic E-state index is 12.2. The van der Waals surface area contributed by atoms with Gasteiger partial charge in [-0.05, 0) is 56.2 Å². The van der Waals surface area contributed by atoms with Gasteiger partial charge in [0.2, 0.25) is 5.91 Å². The summed E-state index contributed by atoms with van der Waals surface area (Å²) in [6.07, 6.45) is 2.24. The minimum Gasteiger partial charge on any atom is -0.356 e. The zero-order valence-electron chi connectivity index (χ0n) is 14.5. The van der Waals surface area contributed by atoms with Crippen molar-refractivity contribution < 1.29 is 4.79 Å². The van der Waals surface area contributed by atoms with Crippen LogP contribution in [0, 0.1) is 19.8 Å². The summed E-state index contributed by atoms with van der Waals surface area (Å²) in [6.45, 7) is 8.58. The normalized spacial score (nSPS) is 11.2. The van der Waals surface area contributed by atoms with E-state index in [9.17, 15) is 9.59 Å². The Morgan fingerprint density at radius 1 is 1.17 bits per heavy atom. The van der Waals surface area contributed by atoms with Gasteiger partial charge in [0, 0.05) is 18.0 Å². The molecular formula is C19H26N2O2. The van der Waals surface area contributed by atoms with Gasteiger partial charge < -0.3 is 10.3 Å². The Kier molecular flexibility index (Phi) is 5.59. The fraction of sp³-hybridized carbons (Fsp3) is 0.474. The number of pyridine rings is 1. The number of hydrogen-bond donors (Lipinski definition) is 2. The summed E-state index contributed by atoms with van der Waals surface area (Å²) in [5.41, 5.74) is 3.79. The molecule has 2 rings (SSSR count). The first kappa shape index (κ1) is 17.3. The van der Waals surface area contributed by atoms with E-state index in [0.29, 0.717) is 18.5 Å². The summed E-state index contributed by atoms with van der Waals surface area (Å²) in [4.78, 5) is 27.2. The highest BCUT2D eigenvalue weighted by Gasteiger charge is 2.13. The molecule has 0 radical (unpaired) electrons. The molecule has 0 saturated heterocycles. The fourth-order valence-electron chi connectivity index (χ4n) is 3.04. The van der Waals surface area contributed by atoms with Crippen LogP contribution < -0.4 is 10.9 Å². The topological polar surface area (TPSA) is 62.0 Å². The van der Waals surface area contributed by atoms with Crippen LogP contribution in [0.15, 0.2) is 23.0 Å². The molecule has 23 heavy (non-hydrogen) atoms. The third kappa shape index (κ3) is 4.01. The Labute approximate surface area is 137 Å². The van der Waals surface area contributed by atoms with Gasteiger partial charge in [0.25, 0.3) is 5.56 Å². The van der Waals surface area contributed by atoms with E-state index >= 15 is 0 Å². The molecule has 0 atom stereocenters. The zero-order valence-corrected chi connectivity index (χ0v) is 14.5. The molecule has 1 amide bonds. The van der Waals surface area contributed by atoms with E-state index in [0.717, 1.165) is 29.3 Å². The number of carbonyl (C=O) groups is 1. The highest BCUT2D eigenvalue weighted by Crippen LogP contribution is 2.18. The molecule has 0 aliphatic heterocycles. The molecule has 0 aliphatic carbocycles. The molecule has 4 nitrogen and oxygen atoms in total. The maximum absolute atomic E-state index is 12.2. The van der Waals surface area contributed by atoms with Crippen molar-refractivity contribution in [3.05, 3.63) is 45.2 Å². The molecule has 2 N–H and O–H groups in total. The lowest BCUT2D eigenvalue weighted by atomic mass is 10.0. The number of hydrogen-bond acceptors (Lipinski definition) is 2. The summed E-state index contributed by atoms with van der Waals surface area (Å²) >= 11 is 0. The number of nitrogens with one attached hydrogen (secondary N) is 2. The standard InChI is InChI=1S/C19H26N2O2/c1-5-14(6-2)18(22)20-8-7-15-11-16-10-12(3)9-13(4)17(16)21-19(15)23/h9-11,14H,5-8H2,1-4H3,(H,20,22)(H,21,23). The molecule has 0 saturated carbocycles. The van der Waals surface area contributed by atoms with Crippen LogP contribution in [-0.4, -0.2) is 17.4 Å². The van der Waals surface area contributed by atoms with E-state index in [2.05, 4.69) is 22.4 Å². The van der Waals surface area contributed by atoms with Crippen molar-refractivity contribution in [2.24, 2.45) is 5.92 Å². The summed E-state index contributed by atoms with van der Waals surface area (Å²) in [6, 6.07) is 6.08. The predicted molar refractivity (Wildman–Crippen MR) is 94.8 cm³/mol. The quantitative estimate of drug-likeness (QED) is 0.860. The second-order valence-corrected chi connectivity index (χ2v) is 6.22. The number of benzene rings is 1. The van der Waals surface area contributed by atoms with Gasteiger partial charge in [0.05, 0.1) is 5.52 Å². The third-order valence-corrected chi connectivity index (χ3v) is 4.42. The van der Waals surface area contributed by atoms with E-state index in [-0.39, 0.29) is 17.4 Å². The summed E-state index contributed by atoms with van der Waals surface area (Å²) < 4.78 is 0. The van der Waals surface area contributed by atoms with E-state index in [1.165, 1.54) is 5.56 Å². The lowest BCUT2D eigenvalue weighted by Crippen LogP contribution is -2.32. The van der Waals surface area contributed by atoms with E-state index in [1.54, 1.807) is 0 Å². The van der Waals surface area contributed by atoms with Gasteiger partial charge in [-0.3, -0.25) is 9.59 Å². The first-order chi connectivity index (χ1) is 11.0. The molecule has 0 aliphatic rings. The van der Waals surface area contributed by atoms with Crippen LogP contribution in [0.3, 0.4) is 0 Å². The van der Waals surface area contributed by atoms with Crippen molar-refractivity contribution in [1.82, 2.24) is 10.3 Å². The Morgan fingerprint density at radius 2 is 1.87 bits per heavy atom. The van der Waals surface area contributed by atoms with Crippen LogP contribution in [0.5, 0.6) is 0 Å². The SMILES string of the molecule is CCC(CC)C(=O)NCCc1cc2cc(C)cc(C)c2[nH]c1=O. The Balaban J connectivity index is 2.13. The largest absolute Gasteiger partial charge is 0.356 e. The van der Waals surface area contributed by atoms with Gasteiger partial charge in [-0.1, -0.05) is 25.5 Å². The minimum atomic E-state index is -0.0683. The number of aryl methyl sites for hydroxylation is 2. The lowest BCUT2D eigenvalue weighted by Gasteiger charge is -2.12. The second kappa shape index (κ2) is 7.44. The molecule has 0 unspecified atom stereocenters. The van der Waals surface area contributed by atoms with Crippen molar-refractivity contribution in [3.63, 3.8) is 0 Å². The van der Waals surface area contributed by atoms with Crippen molar-refractivity contribution in [1.29, 1.82) is 0 Å². The monoisotopic (exact) mass is 314 g/mol. The number of rotatable bonds is 6. The van der Waals surface area contributed by atoms with Crippen LogP contribution >= 0.6 is 0 Å². The molecule has 4 heteroatoms. The highest BCUT2D eigenvalue weighted by molar-refractivity contribution is 5.83. The van der Waals surface area contributed by atoms with E-state index < -0.39 is 0 Å². The van der Waals surface area contributed by atoms with Gasteiger partial charge in [0.15, 0.2) is 0 Å². The number of carbonyl (C=O) groups excluding carboxylic acids is 1. The van der Waals surface area contributed by atoms with Crippen LogP contribution in [0.1, 0.15) is 43.4 Å². The number of amides is 1. The van der Waals surface area contributed by atoms with E-state index in [1.807, 2.05) is 33.8 Å². The molecule has 1 aromatic heterocycles. The smallest absolute Gasteiger partial charge is 0.251 e. The minimum absolute atomic E-state index is 0.0650. The molecule has 0 spiro atoms. The van der Waals surface area contributed by atoms with Crippen molar-refractivity contribution in [2.75, 3.05) is 6.54 Å². The van der Waals surface area contributed by atoms with Gasteiger partial charge in [-0.2, -0.15) is 0 Å². The Bertz CT molecular complexity index is 758. The predicted octanol–water partition coefficient (Wildman–Crippen LogP) is 3.24. The number of aromatic nitrogens is 1. The fourth-order valence-corrected chi connectivity index (χ4v) is 3.04. The first-order valence-electron chi connectivity index (χ1n) is 8.37. The molecule has 124 valence electrons. The molecule has 2 aromatic rings. The number of aromatic amines is 1. The van der Waals surface area contributed by atoms with Crippen molar-refractivity contribution >= 4 is 16.8 Å². The Morgan fingerprint density at radius 3 is 2.52 bits per heavy atom. The average Bonchev–Trinajstić information content (AvgIpc) is 2.50. The van der Waals surface area contributed by atoms with Crippen LogP contribution in [0.2, 0.25) is 0 Å². The van der Waals surface area contributed by atoms with Gasteiger partial charge in [-0.15, -0.1) is 0 Å². The summed E-state index contributed by atoms with van der Waals surface area (Å²) in [5, 5.41) is 3.98. The third-order valence-electron chi connectivity index (χ3n) is 4.42. The first-order valence-corrected chi connectivity index (χ1v) is 8.37. The maximum Gasteiger partial charge on any atom is 0.251 e. The van der Waals surface area contributed by atoms with Crippen LogP contribution in [-0.2, 0) is 11.2 Å². The highest BCUT2D eigenvalue weighted by atomic mass is 16.2. The van der Waals surface area contributed by atoms with Crippen molar-refractivity contribution in [3.8, 4) is 0 Å². The lowest BCUT2D eigenvalue weighted by molar-refractivity contribution is -0.125. The zero-order chi connectivity index (χ0) is 17.0. The molecule has 1 heterocycles. The van der Waals surface area contributed by atoms with Gasteiger partial charge in [-0.25, -0.2) is 0 Å². The van der Waals surface area contributed by atoms with E-state index in [4.69, 9.17) is 0 Å². The summed E-state index contributed by atoms with van der Waals surface area (Å²) in [5.74, 6) is 0.147. The average molecular weight is 314 g/mol. The molecular weight excluding hydrogens is 288 g/mol.